The number of alkyl halides is 2. The number of anilines is 1. The van der Waals surface area contributed by atoms with Crippen molar-refractivity contribution < 1.29 is 22.9 Å². The molecule has 0 bridgehead atoms. The average molecular weight is 543 g/mol. The third kappa shape index (κ3) is 4.87. The highest BCUT2D eigenvalue weighted by Gasteiger charge is 2.49. The topological polar surface area (TPSA) is 89.2 Å². The second kappa shape index (κ2) is 9.96. The molecule has 3 N–H and O–H groups in total. The number of nitriles is 1. The predicted molar refractivity (Wildman–Crippen MR) is 148 cm³/mol. The van der Waals surface area contributed by atoms with Crippen molar-refractivity contribution in [2.45, 2.75) is 24.8 Å². The highest BCUT2D eigenvalue weighted by molar-refractivity contribution is 6.02. The normalized spacial score (nSPS) is 17.0. The molecule has 0 amide bonds. The van der Waals surface area contributed by atoms with Crippen LogP contribution in [0.4, 0.5) is 18.9 Å². The number of para-hydroxylation sites is 1. The molecule has 0 spiro atoms. The molecule has 3 heterocycles. The van der Waals surface area contributed by atoms with Crippen LogP contribution in [0.2, 0.25) is 0 Å². The van der Waals surface area contributed by atoms with E-state index >= 15 is 0 Å². The van der Waals surface area contributed by atoms with Crippen LogP contribution in [0.25, 0.3) is 33.2 Å². The van der Waals surface area contributed by atoms with E-state index in [1.807, 2.05) is 24.3 Å². The molecule has 2 aliphatic rings. The Labute approximate surface area is 229 Å². The number of hydrogen-bond donors (Lipinski definition) is 2. The van der Waals surface area contributed by atoms with Gasteiger partial charge in [-0.25, -0.2) is 8.97 Å². The van der Waals surface area contributed by atoms with Crippen molar-refractivity contribution in [2.24, 2.45) is 5.73 Å². The summed E-state index contributed by atoms with van der Waals surface area (Å²) in [7, 11) is 0. The zero-order valence-electron chi connectivity index (χ0n) is 21.6. The van der Waals surface area contributed by atoms with E-state index in [4.69, 9.17) is 5.73 Å². The molecule has 40 heavy (non-hydrogen) atoms. The van der Waals surface area contributed by atoms with E-state index in [1.54, 1.807) is 36.7 Å². The van der Waals surface area contributed by atoms with Crippen LogP contribution in [0, 0.1) is 17.1 Å². The minimum atomic E-state index is -2.73. The molecular weight excluding hydrogens is 515 g/mol. The third-order valence-corrected chi connectivity index (χ3v) is 7.59. The number of phenols is 1. The molecule has 2 saturated heterocycles. The standard InChI is InChI=1S/C31H26F3N5O/c32-23-11-19(16-38-17-31(33,34)18-38)10-22(12-23)27-15-37-28-5-4-20(25-3-1-2-21(14-35)30(25)40)13-26(28)29(27)39-8-6-24(36)7-9-39/h1-5,10-13,15-16,24H,6-9,17-18,36H2/p+1. The summed E-state index contributed by atoms with van der Waals surface area (Å²) in [6, 6.07) is 17.3. The highest BCUT2D eigenvalue weighted by Crippen LogP contribution is 2.41. The Morgan fingerprint density at radius 2 is 1.82 bits per heavy atom. The first kappa shape index (κ1) is 25.8. The number of aromatic nitrogens is 1. The molecule has 0 atom stereocenters. The zero-order chi connectivity index (χ0) is 28.0. The zero-order valence-corrected chi connectivity index (χ0v) is 21.6. The van der Waals surface area contributed by atoms with E-state index < -0.39 is 24.8 Å². The number of pyridine rings is 1. The molecule has 6 rings (SSSR count). The summed E-state index contributed by atoms with van der Waals surface area (Å²) in [6.45, 7) is 0.615. The van der Waals surface area contributed by atoms with Gasteiger partial charge in [0.1, 0.15) is 17.6 Å². The van der Waals surface area contributed by atoms with E-state index in [0.717, 1.165) is 29.4 Å². The lowest BCUT2D eigenvalue weighted by Crippen LogP contribution is -2.50. The van der Waals surface area contributed by atoms with Crippen molar-refractivity contribution in [3.05, 3.63) is 77.7 Å². The van der Waals surface area contributed by atoms with E-state index in [-0.39, 0.29) is 17.4 Å². The average Bonchev–Trinajstić information content (AvgIpc) is 2.91. The van der Waals surface area contributed by atoms with Gasteiger partial charge in [-0.3, -0.25) is 4.98 Å². The van der Waals surface area contributed by atoms with Crippen molar-refractivity contribution in [3.8, 4) is 34.1 Å². The van der Waals surface area contributed by atoms with Crippen molar-refractivity contribution >= 4 is 22.8 Å². The number of nitrogens with zero attached hydrogens (tertiary/aromatic N) is 4. The van der Waals surface area contributed by atoms with Crippen molar-refractivity contribution in [1.82, 2.24) is 4.98 Å². The number of benzene rings is 3. The lowest BCUT2D eigenvalue weighted by atomic mass is 9.95. The lowest BCUT2D eigenvalue weighted by Gasteiger charge is -2.34. The quantitative estimate of drug-likeness (QED) is 0.342. The molecule has 1 aromatic heterocycles. The van der Waals surface area contributed by atoms with Gasteiger partial charge in [0.15, 0.2) is 6.21 Å². The lowest BCUT2D eigenvalue weighted by molar-refractivity contribution is -0.635. The van der Waals surface area contributed by atoms with Gasteiger partial charge in [-0.2, -0.15) is 14.0 Å². The fraction of sp³-hybridized carbons (Fsp3) is 0.258. The SMILES string of the molecule is N#Cc1cccc(-c2ccc3ncc(-c4cc(F)cc(C=[N+]5CC(F)(F)C5)c4)c(N4CCC(N)CC4)c3c2)c1O. The number of halogens is 3. The number of hydrogen-bond acceptors (Lipinski definition) is 5. The van der Waals surface area contributed by atoms with Crippen LogP contribution in [-0.4, -0.2) is 59.0 Å². The Morgan fingerprint density at radius 1 is 1.05 bits per heavy atom. The van der Waals surface area contributed by atoms with Crippen LogP contribution in [0.5, 0.6) is 5.75 Å². The number of phenolic OH excluding ortho intramolecular Hbond substituents is 1. The summed E-state index contributed by atoms with van der Waals surface area (Å²) in [6.07, 6.45) is 4.86. The van der Waals surface area contributed by atoms with E-state index in [1.165, 1.54) is 16.7 Å². The molecule has 0 aliphatic carbocycles. The van der Waals surface area contributed by atoms with Crippen LogP contribution in [0.1, 0.15) is 24.0 Å². The molecule has 4 aromatic rings. The highest BCUT2D eigenvalue weighted by atomic mass is 19.3. The van der Waals surface area contributed by atoms with E-state index in [0.29, 0.717) is 40.9 Å². The Hall–Kier alpha value is -4.42. The molecule has 2 aliphatic heterocycles. The van der Waals surface area contributed by atoms with Crippen molar-refractivity contribution in [2.75, 3.05) is 31.1 Å². The monoisotopic (exact) mass is 542 g/mol. The van der Waals surface area contributed by atoms with Crippen molar-refractivity contribution in [1.29, 1.82) is 5.26 Å². The first-order valence-electron chi connectivity index (χ1n) is 13.1. The molecule has 2 fully saturated rings. The second-order valence-electron chi connectivity index (χ2n) is 10.6. The number of rotatable bonds is 4. The Bertz CT molecular complexity index is 1690. The number of aromatic hydroxyl groups is 1. The molecule has 0 saturated carbocycles. The molecule has 0 radical (unpaired) electrons. The minimum absolute atomic E-state index is 0.0963. The van der Waals surface area contributed by atoms with Crippen LogP contribution in [-0.2, 0) is 0 Å². The smallest absolute Gasteiger partial charge is 0.361 e. The van der Waals surface area contributed by atoms with Gasteiger partial charge in [-0.1, -0.05) is 18.2 Å². The Kier molecular flexibility index (Phi) is 6.43. The van der Waals surface area contributed by atoms with Gasteiger partial charge in [0, 0.05) is 47.4 Å². The summed E-state index contributed by atoms with van der Waals surface area (Å²) in [5.74, 6) is -3.30. The van der Waals surface area contributed by atoms with E-state index in [9.17, 15) is 23.5 Å². The van der Waals surface area contributed by atoms with Crippen LogP contribution >= 0.6 is 0 Å². The van der Waals surface area contributed by atoms with Crippen molar-refractivity contribution in [3.63, 3.8) is 0 Å². The third-order valence-electron chi connectivity index (χ3n) is 7.59. The number of fused-ring (bicyclic) bond motifs is 1. The maximum absolute atomic E-state index is 14.9. The van der Waals surface area contributed by atoms with E-state index in [2.05, 4.69) is 9.88 Å². The molecule has 202 valence electrons. The van der Waals surface area contributed by atoms with Gasteiger partial charge in [0.05, 0.1) is 16.8 Å². The number of piperidine rings is 1. The fourth-order valence-corrected chi connectivity index (χ4v) is 5.58. The predicted octanol–water partition coefficient (Wildman–Crippen LogP) is 5.29. The second-order valence-corrected chi connectivity index (χ2v) is 10.6. The largest absolute Gasteiger partial charge is 0.506 e. The maximum Gasteiger partial charge on any atom is 0.361 e. The summed E-state index contributed by atoms with van der Waals surface area (Å²) in [4.78, 5) is 6.90. The summed E-state index contributed by atoms with van der Waals surface area (Å²) < 4.78 is 43.1. The summed E-state index contributed by atoms with van der Waals surface area (Å²) in [5.41, 5.74) is 11.0. The molecule has 6 nitrogen and oxygen atoms in total. The molecule has 0 unspecified atom stereocenters. The molecular formula is C31H27F3N5O+. The Balaban J connectivity index is 1.52. The molecule has 9 heteroatoms. The van der Waals surface area contributed by atoms with Gasteiger partial charge >= 0.3 is 5.92 Å². The fourth-order valence-electron chi connectivity index (χ4n) is 5.58. The van der Waals surface area contributed by atoms with Crippen LogP contribution in [0.3, 0.4) is 0 Å². The summed E-state index contributed by atoms with van der Waals surface area (Å²) in [5, 5.41) is 20.9. The van der Waals surface area contributed by atoms with Gasteiger partial charge in [0.25, 0.3) is 0 Å². The Morgan fingerprint density at radius 3 is 2.55 bits per heavy atom. The van der Waals surface area contributed by atoms with Gasteiger partial charge < -0.3 is 15.7 Å². The first-order chi connectivity index (χ1) is 19.2. The molecule has 3 aromatic carbocycles. The van der Waals surface area contributed by atoms with Crippen LogP contribution < -0.4 is 10.6 Å². The number of nitrogens with two attached hydrogens (primary N) is 1. The van der Waals surface area contributed by atoms with Gasteiger partial charge in [-0.05, 0) is 60.4 Å². The van der Waals surface area contributed by atoms with Gasteiger partial charge in [0.2, 0.25) is 13.1 Å². The summed E-state index contributed by atoms with van der Waals surface area (Å²) >= 11 is 0. The van der Waals surface area contributed by atoms with Gasteiger partial charge in [-0.15, -0.1) is 0 Å². The maximum atomic E-state index is 14.9. The minimum Gasteiger partial charge on any atom is -0.506 e. The first-order valence-corrected chi connectivity index (χ1v) is 13.1. The van der Waals surface area contributed by atoms with Crippen LogP contribution in [0.15, 0.2) is 60.8 Å².